The van der Waals surface area contributed by atoms with Gasteiger partial charge in [-0.05, 0) is 32.6 Å². The Morgan fingerprint density at radius 2 is 2.27 bits per heavy atom. The van der Waals surface area contributed by atoms with E-state index in [1.54, 1.807) is 14.0 Å². The van der Waals surface area contributed by atoms with E-state index >= 15 is 0 Å². The van der Waals surface area contributed by atoms with Gasteiger partial charge in [0.05, 0.1) is 11.5 Å². The number of aliphatic hydroxyl groups is 1. The summed E-state index contributed by atoms with van der Waals surface area (Å²) in [5.41, 5.74) is -0.158. The van der Waals surface area contributed by atoms with E-state index in [2.05, 4.69) is 5.32 Å². The van der Waals surface area contributed by atoms with Crippen LogP contribution in [0.25, 0.3) is 0 Å². The molecule has 0 aliphatic heterocycles. The maximum atomic E-state index is 11.8. The molecule has 4 heteroatoms. The Kier molecular flexibility index (Phi) is 4.54. The first-order valence-corrected chi connectivity index (χ1v) is 5.56. The monoisotopic (exact) mass is 215 g/mol. The number of rotatable bonds is 7. The van der Waals surface area contributed by atoms with Gasteiger partial charge in [-0.1, -0.05) is 0 Å². The van der Waals surface area contributed by atoms with Gasteiger partial charge in [-0.25, -0.2) is 0 Å². The van der Waals surface area contributed by atoms with Gasteiger partial charge in [0.1, 0.15) is 0 Å². The van der Waals surface area contributed by atoms with Gasteiger partial charge in [0.25, 0.3) is 0 Å². The van der Waals surface area contributed by atoms with Crippen molar-refractivity contribution < 1.29 is 14.6 Å². The van der Waals surface area contributed by atoms with E-state index in [1.165, 1.54) is 0 Å². The molecule has 1 aliphatic rings. The Morgan fingerprint density at radius 3 is 2.73 bits per heavy atom. The second kappa shape index (κ2) is 5.47. The predicted octanol–water partition coefficient (Wildman–Crippen LogP) is 0.690. The number of nitrogens with one attached hydrogen (secondary N) is 1. The van der Waals surface area contributed by atoms with E-state index in [0.717, 1.165) is 19.3 Å². The summed E-state index contributed by atoms with van der Waals surface area (Å²) in [4.78, 5) is 11.8. The number of hydrogen-bond donors (Lipinski definition) is 2. The maximum absolute atomic E-state index is 11.8. The molecule has 1 amide bonds. The van der Waals surface area contributed by atoms with Crippen LogP contribution in [-0.4, -0.2) is 37.4 Å². The smallest absolute Gasteiger partial charge is 0.226 e. The highest BCUT2D eigenvalue weighted by Gasteiger charge is 2.48. The Balaban J connectivity index is 2.21. The molecule has 0 bridgehead atoms. The molecule has 0 radical (unpaired) electrons. The van der Waals surface area contributed by atoms with Crippen LogP contribution in [0.2, 0.25) is 0 Å². The first-order chi connectivity index (χ1) is 7.10. The topological polar surface area (TPSA) is 58.6 Å². The highest BCUT2D eigenvalue weighted by Crippen LogP contribution is 2.48. The molecule has 0 saturated heterocycles. The third kappa shape index (κ3) is 3.80. The summed E-state index contributed by atoms with van der Waals surface area (Å²) < 4.78 is 4.99. The summed E-state index contributed by atoms with van der Waals surface area (Å²) in [6.45, 7) is 2.93. The molecule has 0 aromatic rings. The fraction of sp³-hybridized carbons (Fsp3) is 0.909. The van der Waals surface area contributed by atoms with E-state index in [1.807, 2.05) is 0 Å². The molecule has 0 heterocycles. The van der Waals surface area contributed by atoms with Gasteiger partial charge < -0.3 is 15.2 Å². The average Bonchev–Trinajstić information content (AvgIpc) is 2.95. The molecular weight excluding hydrogens is 194 g/mol. The lowest BCUT2D eigenvalue weighted by atomic mass is 10.0. The summed E-state index contributed by atoms with van der Waals surface area (Å²) in [7, 11) is 1.65. The molecule has 1 saturated carbocycles. The van der Waals surface area contributed by atoms with Gasteiger partial charge in [-0.15, -0.1) is 0 Å². The van der Waals surface area contributed by atoms with Crippen LogP contribution in [-0.2, 0) is 9.53 Å². The predicted molar refractivity (Wildman–Crippen MR) is 57.5 cm³/mol. The van der Waals surface area contributed by atoms with Gasteiger partial charge in [0, 0.05) is 20.3 Å². The molecule has 1 fully saturated rings. The maximum Gasteiger partial charge on any atom is 0.226 e. The van der Waals surface area contributed by atoms with E-state index in [0.29, 0.717) is 19.6 Å². The van der Waals surface area contributed by atoms with Crippen molar-refractivity contribution in [2.75, 3.05) is 20.3 Å². The minimum absolute atomic E-state index is 0.125. The van der Waals surface area contributed by atoms with Crippen molar-refractivity contribution in [1.29, 1.82) is 0 Å². The van der Waals surface area contributed by atoms with Crippen LogP contribution in [0.3, 0.4) is 0 Å². The number of carbonyl (C=O) groups is 1. The standard InChI is InChI=1S/C11H21NO3/c1-9(13)3-7-12-10(14)11(4-5-11)6-8-15-2/h9,13H,3-8H2,1-2H3,(H,12,14). The fourth-order valence-corrected chi connectivity index (χ4v) is 1.62. The minimum atomic E-state index is -0.348. The van der Waals surface area contributed by atoms with Crippen molar-refractivity contribution in [3.8, 4) is 0 Å². The SMILES string of the molecule is COCCC1(C(=O)NCCC(C)O)CC1. The van der Waals surface area contributed by atoms with Crippen molar-refractivity contribution in [3.05, 3.63) is 0 Å². The normalized spacial score (nSPS) is 19.7. The average molecular weight is 215 g/mol. The summed E-state index contributed by atoms with van der Waals surface area (Å²) in [6.07, 6.45) is 3.02. The zero-order valence-electron chi connectivity index (χ0n) is 9.58. The van der Waals surface area contributed by atoms with Crippen LogP contribution in [0.5, 0.6) is 0 Å². The largest absolute Gasteiger partial charge is 0.393 e. The second-order valence-corrected chi connectivity index (χ2v) is 4.42. The van der Waals surface area contributed by atoms with Crippen molar-refractivity contribution in [2.24, 2.45) is 5.41 Å². The van der Waals surface area contributed by atoms with E-state index in [9.17, 15) is 4.79 Å². The number of amides is 1. The highest BCUT2D eigenvalue weighted by atomic mass is 16.5. The second-order valence-electron chi connectivity index (χ2n) is 4.42. The Morgan fingerprint density at radius 1 is 1.60 bits per heavy atom. The molecule has 88 valence electrons. The minimum Gasteiger partial charge on any atom is -0.393 e. The fourth-order valence-electron chi connectivity index (χ4n) is 1.62. The molecule has 2 N–H and O–H groups in total. The number of aliphatic hydroxyl groups excluding tert-OH is 1. The Labute approximate surface area is 91.0 Å². The van der Waals surface area contributed by atoms with E-state index < -0.39 is 0 Å². The van der Waals surface area contributed by atoms with Gasteiger partial charge in [-0.2, -0.15) is 0 Å². The number of carbonyl (C=O) groups excluding carboxylic acids is 1. The van der Waals surface area contributed by atoms with E-state index in [4.69, 9.17) is 9.84 Å². The third-order valence-corrected chi connectivity index (χ3v) is 2.97. The van der Waals surface area contributed by atoms with Crippen LogP contribution < -0.4 is 5.32 Å². The summed E-state index contributed by atoms with van der Waals surface area (Å²) in [5, 5.41) is 11.9. The molecule has 0 aromatic heterocycles. The van der Waals surface area contributed by atoms with Crippen molar-refractivity contribution in [2.45, 2.75) is 38.7 Å². The lowest BCUT2D eigenvalue weighted by Gasteiger charge is -2.15. The Bertz CT molecular complexity index is 212. The lowest BCUT2D eigenvalue weighted by molar-refractivity contribution is -0.127. The van der Waals surface area contributed by atoms with Crippen LogP contribution in [0.4, 0.5) is 0 Å². The molecule has 1 unspecified atom stereocenters. The quantitative estimate of drug-likeness (QED) is 0.657. The highest BCUT2D eigenvalue weighted by molar-refractivity contribution is 5.85. The molecule has 1 atom stereocenters. The number of ether oxygens (including phenoxy) is 1. The molecule has 0 spiro atoms. The van der Waals surface area contributed by atoms with Gasteiger partial charge in [0.15, 0.2) is 0 Å². The number of hydrogen-bond acceptors (Lipinski definition) is 3. The molecule has 4 nitrogen and oxygen atoms in total. The van der Waals surface area contributed by atoms with Crippen molar-refractivity contribution >= 4 is 5.91 Å². The summed E-state index contributed by atoms with van der Waals surface area (Å²) in [6, 6.07) is 0. The van der Waals surface area contributed by atoms with Crippen LogP contribution in [0.15, 0.2) is 0 Å². The first-order valence-electron chi connectivity index (χ1n) is 5.56. The van der Waals surface area contributed by atoms with E-state index in [-0.39, 0.29) is 17.4 Å². The number of methoxy groups -OCH3 is 1. The van der Waals surface area contributed by atoms with Crippen LogP contribution in [0, 0.1) is 5.41 Å². The van der Waals surface area contributed by atoms with Gasteiger partial charge in [0.2, 0.25) is 5.91 Å². The lowest BCUT2D eigenvalue weighted by Crippen LogP contribution is -2.34. The van der Waals surface area contributed by atoms with Crippen molar-refractivity contribution in [3.63, 3.8) is 0 Å². The molecule has 0 aromatic carbocycles. The summed E-state index contributed by atoms with van der Waals surface area (Å²) >= 11 is 0. The zero-order valence-corrected chi connectivity index (χ0v) is 9.58. The van der Waals surface area contributed by atoms with Gasteiger partial charge >= 0.3 is 0 Å². The van der Waals surface area contributed by atoms with Crippen LogP contribution in [0.1, 0.15) is 32.6 Å². The zero-order chi connectivity index (χ0) is 11.3. The van der Waals surface area contributed by atoms with Crippen molar-refractivity contribution in [1.82, 2.24) is 5.32 Å². The third-order valence-electron chi connectivity index (χ3n) is 2.97. The molecule has 1 rings (SSSR count). The van der Waals surface area contributed by atoms with Crippen LogP contribution >= 0.6 is 0 Å². The molecule has 15 heavy (non-hydrogen) atoms. The summed E-state index contributed by atoms with van der Waals surface area (Å²) in [5.74, 6) is 0.125. The Hall–Kier alpha value is -0.610. The van der Waals surface area contributed by atoms with Gasteiger partial charge in [-0.3, -0.25) is 4.79 Å². The molecule has 1 aliphatic carbocycles. The molecular formula is C11H21NO3. The first kappa shape index (κ1) is 12.5.